The van der Waals surface area contributed by atoms with E-state index in [2.05, 4.69) is 10.2 Å². The van der Waals surface area contributed by atoms with Gasteiger partial charge in [0, 0.05) is 24.7 Å². The second-order valence-electron chi connectivity index (χ2n) is 4.93. The van der Waals surface area contributed by atoms with Crippen molar-refractivity contribution in [2.45, 2.75) is 25.8 Å². The van der Waals surface area contributed by atoms with Gasteiger partial charge in [0.2, 0.25) is 5.82 Å². The highest BCUT2D eigenvalue weighted by Gasteiger charge is 2.39. The van der Waals surface area contributed by atoms with E-state index in [0.29, 0.717) is 30.5 Å². The highest BCUT2D eigenvalue weighted by molar-refractivity contribution is 6.30. The normalized spacial score (nSPS) is 16.0. The maximum absolute atomic E-state index is 12.7. The average Bonchev–Trinajstić information content (AvgIpc) is 2.81. The third-order valence-corrected chi connectivity index (χ3v) is 3.62. The summed E-state index contributed by atoms with van der Waals surface area (Å²) in [5.41, 5.74) is 1.02. The van der Waals surface area contributed by atoms with Crippen molar-refractivity contribution >= 4 is 11.6 Å². The molecule has 0 N–H and O–H groups in total. The quantitative estimate of drug-likeness (QED) is 0.854. The Morgan fingerprint density at radius 3 is 2.71 bits per heavy atom. The first-order valence-corrected chi connectivity index (χ1v) is 6.77. The van der Waals surface area contributed by atoms with Gasteiger partial charge in [0.15, 0.2) is 0 Å². The molecule has 1 aliphatic rings. The van der Waals surface area contributed by atoms with Gasteiger partial charge in [-0.2, -0.15) is 13.2 Å². The van der Waals surface area contributed by atoms with Crippen LogP contribution in [0.25, 0.3) is 0 Å². The van der Waals surface area contributed by atoms with Gasteiger partial charge in [-0.1, -0.05) is 23.7 Å². The minimum Gasteiger partial charge on any atom is -0.305 e. The molecular weight excluding hydrogens is 305 g/mol. The highest BCUT2D eigenvalue weighted by Crippen LogP contribution is 2.29. The smallest absolute Gasteiger partial charge is 0.305 e. The van der Waals surface area contributed by atoms with Crippen LogP contribution >= 0.6 is 11.6 Å². The number of hydrogen-bond donors (Lipinski definition) is 0. The number of aromatic nitrogens is 3. The molecule has 3 rings (SSSR count). The first-order valence-electron chi connectivity index (χ1n) is 6.39. The van der Waals surface area contributed by atoms with Crippen LogP contribution in [0.1, 0.15) is 17.2 Å². The largest absolute Gasteiger partial charge is 0.451 e. The van der Waals surface area contributed by atoms with Crippen molar-refractivity contribution in [2.75, 3.05) is 6.54 Å². The Morgan fingerprint density at radius 1 is 1.19 bits per heavy atom. The van der Waals surface area contributed by atoms with E-state index in [1.165, 1.54) is 0 Å². The van der Waals surface area contributed by atoms with Crippen LogP contribution < -0.4 is 0 Å². The van der Waals surface area contributed by atoms with Crippen molar-refractivity contribution in [1.82, 2.24) is 19.7 Å². The van der Waals surface area contributed by atoms with E-state index in [0.717, 1.165) is 10.1 Å². The fourth-order valence-electron chi connectivity index (χ4n) is 2.45. The fourth-order valence-corrected chi connectivity index (χ4v) is 2.66. The molecule has 0 atom stereocenters. The summed E-state index contributed by atoms with van der Waals surface area (Å²) in [5, 5.41) is 7.57. The Bertz CT molecular complexity index is 653. The second-order valence-corrected chi connectivity index (χ2v) is 5.37. The van der Waals surface area contributed by atoms with Gasteiger partial charge in [0.25, 0.3) is 0 Å². The molecule has 21 heavy (non-hydrogen) atoms. The van der Waals surface area contributed by atoms with E-state index in [-0.39, 0.29) is 6.54 Å². The lowest BCUT2D eigenvalue weighted by atomic mass is 10.2. The highest BCUT2D eigenvalue weighted by atomic mass is 35.5. The standard InChI is InChI=1S/C13H12ClF3N4/c14-10-3-1-2-9(6-10)7-20-4-5-21-11(8-20)18-19-12(21)13(15,16)17/h1-3,6H,4-5,7-8H2. The van der Waals surface area contributed by atoms with E-state index < -0.39 is 12.0 Å². The average molecular weight is 317 g/mol. The third kappa shape index (κ3) is 3.03. The summed E-state index contributed by atoms with van der Waals surface area (Å²) in [5.74, 6) is -0.574. The molecule has 8 heteroatoms. The summed E-state index contributed by atoms with van der Waals surface area (Å²) in [4.78, 5) is 2.02. The zero-order valence-corrected chi connectivity index (χ0v) is 11.7. The summed E-state index contributed by atoms with van der Waals surface area (Å²) in [6.45, 7) is 1.71. The van der Waals surface area contributed by atoms with Crippen molar-refractivity contribution in [3.05, 3.63) is 46.5 Å². The van der Waals surface area contributed by atoms with E-state index >= 15 is 0 Å². The van der Waals surface area contributed by atoms with Gasteiger partial charge < -0.3 is 4.57 Å². The monoisotopic (exact) mass is 316 g/mol. The molecule has 0 saturated heterocycles. The van der Waals surface area contributed by atoms with Gasteiger partial charge in [-0.3, -0.25) is 4.90 Å². The number of fused-ring (bicyclic) bond motifs is 1. The van der Waals surface area contributed by atoms with Gasteiger partial charge in [0.1, 0.15) is 5.82 Å². The van der Waals surface area contributed by atoms with Crippen LogP contribution in [0.3, 0.4) is 0 Å². The van der Waals surface area contributed by atoms with Gasteiger partial charge in [-0.25, -0.2) is 0 Å². The molecule has 0 amide bonds. The summed E-state index contributed by atoms with van der Waals surface area (Å²) in [6, 6.07) is 7.42. The number of halogens is 4. The maximum Gasteiger partial charge on any atom is 0.451 e. The molecule has 2 heterocycles. The van der Waals surface area contributed by atoms with E-state index in [1.807, 2.05) is 23.1 Å². The Kier molecular flexibility index (Phi) is 3.62. The van der Waals surface area contributed by atoms with Crippen molar-refractivity contribution in [1.29, 1.82) is 0 Å². The molecule has 2 aromatic rings. The van der Waals surface area contributed by atoms with Gasteiger partial charge in [0.05, 0.1) is 6.54 Å². The molecule has 0 fully saturated rings. The van der Waals surface area contributed by atoms with Crippen LogP contribution in [-0.2, 0) is 25.8 Å². The van der Waals surface area contributed by atoms with Crippen LogP contribution in [0, 0.1) is 0 Å². The molecule has 1 aromatic heterocycles. The number of rotatable bonds is 2. The van der Waals surface area contributed by atoms with Crippen LogP contribution in [0.15, 0.2) is 24.3 Å². The summed E-state index contributed by atoms with van der Waals surface area (Å²) in [7, 11) is 0. The predicted molar refractivity (Wildman–Crippen MR) is 70.6 cm³/mol. The Hall–Kier alpha value is -1.60. The molecule has 0 saturated carbocycles. The Labute approximate surface area is 124 Å². The summed E-state index contributed by atoms with van der Waals surface area (Å²) in [6.07, 6.45) is -4.46. The molecule has 4 nitrogen and oxygen atoms in total. The SMILES string of the molecule is FC(F)(F)c1nnc2n1CCN(Cc1cccc(Cl)c1)C2. The van der Waals surface area contributed by atoms with Crippen molar-refractivity contribution in [3.8, 4) is 0 Å². The third-order valence-electron chi connectivity index (χ3n) is 3.38. The molecule has 0 unspecified atom stereocenters. The first-order chi connectivity index (χ1) is 9.93. The molecule has 112 valence electrons. The van der Waals surface area contributed by atoms with E-state index in [4.69, 9.17) is 11.6 Å². The number of benzene rings is 1. The molecule has 0 bridgehead atoms. The minimum absolute atomic E-state index is 0.234. The van der Waals surface area contributed by atoms with E-state index in [9.17, 15) is 13.2 Å². The summed E-state index contributed by atoms with van der Waals surface area (Å²) >= 11 is 5.93. The number of alkyl halides is 3. The maximum atomic E-state index is 12.7. The molecular formula is C13H12ClF3N4. The van der Waals surface area contributed by atoms with Crippen molar-refractivity contribution in [2.24, 2.45) is 0 Å². The molecule has 0 spiro atoms. The van der Waals surface area contributed by atoms with Crippen LogP contribution in [-0.4, -0.2) is 26.2 Å². The topological polar surface area (TPSA) is 34.0 Å². The van der Waals surface area contributed by atoms with E-state index in [1.54, 1.807) is 6.07 Å². The van der Waals surface area contributed by atoms with Gasteiger partial charge in [-0.15, -0.1) is 10.2 Å². The molecule has 0 aliphatic carbocycles. The Morgan fingerprint density at radius 2 is 2.00 bits per heavy atom. The van der Waals surface area contributed by atoms with Crippen molar-refractivity contribution in [3.63, 3.8) is 0 Å². The lowest BCUT2D eigenvalue weighted by Gasteiger charge is -2.27. The number of nitrogens with zero attached hydrogens (tertiary/aromatic N) is 4. The predicted octanol–water partition coefficient (Wildman–Crippen LogP) is 2.97. The van der Waals surface area contributed by atoms with Crippen LogP contribution in [0.2, 0.25) is 5.02 Å². The molecule has 1 aliphatic heterocycles. The lowest BCUT2D eigenvalue weighted by Crippen LogP contribution is -2.34. The van der Waals surface area contributed by atoms with Crippen LogP contribution in [0.5, 0.6) is 0 Å². The first kappa shape index (κ1) is 14.3. The zero-order valence-electron chi connectivity index (χ0n) is 10.9. The Balaban J connectivity index is 1.75. The minimum atomic E-state index is -4.46. The molecule has 0 radical (unpaired) electrons. The lowest BCUT2D eigenvalue weighted by molar-refractivity contribution is -0.148. The fraction of sp³-hybridized carbons (Fsp3) is 0.385. The van der Waals surface area contributed by atoms with Gasteiger partial charge in [-0.05, 0) is 17.7 Å². The zero-order chi connectivity index (χ0) is 15.0. The summed E-state index contributed by atoms with van der Waals surface area (Å²) < 4.78 is 39.4. The van der Waals surface area contributed by atoms with Gasteiger partial charge >= 0.3 is 6.18 Å². The molecule has 1 aromatic carbocycles. The van der Waals surface area contributed by atoms with Crippen LogP contribution in [0.4, 0.5) is 13.2 Å². The number of hydrogen-bond acceptors (Lipinski definition) is 3. The van der Waals surface area contributed by atoms with Crippen molar-refractivity contribution < 1.29 is 13.2 Å². The second kappa shape index (κ2) is 5.31.